The lowest BCUT2D eigenvalue weighted by molar-refractivity contribution is -0.113. The normalized spacial score (nSPS) is 13.3. The summed E-state index contributed by atoms with van der Waals surface area (Å²) in [6, 6.07) is 6.49. The molecule has 1 aromatic carbocycles. The summed E-state index contributed by atoms with van der Waals surface area (Å²) in [6.07, 6.45) is 2.12. The zero-order valence-corrected chi connectivity index (χ0v) is 17.8. The maximum Gasteiger partial charge on any atom is 0.279 e. The minimum Gasteiger partial charge on any atom is -0.360 e. The number of amides is 2. The molecule has 0 spiro atoms. The minimum absolute atomic E-state index is 0.122. The summed E-state index contributed by atoms with van der Waals surface area (Å²) in [5.41, 5.74) is 0.755. The van der Waals surface area contributed by atoms with Gasteiger partial charge in [-0.1, -0.05) is 51.5 Å². The standard InChI is InChI=1S/C17H13Cl2N5O3S2/c18-10-4-3-9(5-11(10)19)20-14(25)7-28-17-23-22-16(29-17)21-15(26)12-6-13(27-24-12)8-1-2-8/h3-6,8H,1-2,7H2,(H,20,25)(H,21,22,26). The molecule has 0 unspecified atom stereocenters. The number of anilines is 2. The molecule has 0 bridgehead atoms. The summed E-state index contributed by atoms with van der Waals surface area (Å²) in [5.74, 6) is 0.590. The highest BCUT2D eigenvalue weighted by Crippen LogP contribution is 2.40. The average Bonchev–Trinajstić information content (AvgIpc) is 3.24. The highest BCUT2D eigenvalue weighted by molar-refractivity contribution is 8.01. The maximum absolute atomic E-state index is 12.2. The van der Waals surface area contributed by atoms with Crippen molar-refractivity contribution in [3.8, 4) is 0 Å². The largest absolute Gasteiger partial charge is 0.360 e. The number of aromatic nitrogens is 3. The third kappa shape index (κ3) is 5.27. The van der Waals surface area contributed by atoms with Gasteiger partial charge in [0.2, 0.25) is 11.0 Å². The SMILES string of the molecule is O=C(CSc1nnc(NC(=O)c2cc(C3CC3)on2)s1)Nc1ccc(Cl)c(Cl)c1. The second-order valence-electron chi connectivity index (χ2n) is 6.18. The van der Waals surface area contributed by atoms with Crippen LogP contribution in [0.2, 0.25) is 10.0 Å². The molecule has 1 aliphatic carbocycles. The first kappa shape index (κ1) is 20.1. The van der Waals surface area contributed by atoms with Crippen molar-refractivity contribution in [2.24, 2.45) is 0 Å². The number of hydrogen-bond acceptors (Lipinski definition) is 8. The zero-order chi connectivity index (χ0) is 20.4. The van der Waals surface area contributed by atoms with E-state index in [1.54, 1.807) is 24.3 Å². The number of rotatable bonds is 7. The van der Waals surface area contributed by atoms with Gasteiger partial charge in [-0.15, -0.1) is 10.2 Å². The highest BCUT2D eigenvalue weighted by atomic mass is 35.5. The van der Waals surface area contributed by atoms with Crippen LogP contribution in [0.5, 0.6) is 0 Å². The number of nitrogens with one attached hydrogen (secondary N) is 2. The smallest absolute Gasteiger partial charge is 0.279 e. The van der Waals surface area contributed by atoms with Crippen molar-refractivity contribution in [1.82, 2.24) is 15.4 Å². The van der Waals surface area contributed by atoms with Crippen molar-refractivity contribution in [3.05, 3.63) is 45.8 Å². The van der Waals surface area contributed by atoms with Gasteiger partial charge >= 0.3 is 0 Å². The van der Waals surface area contributed by atoms with E-state index in [1.807, 2.05) is 0 Å². The summed E-state index contributed by atoms with van der Waals surface area (Å²) in [4.78, 5) is 24.3. The van der Waals surface area contributed by atoms with Gasteiger partial charge in [0.05, 0.1) is 15.8 Å². The molecule has 4 rings (SSSR count). The van der Waals surface area contributed by atoms with Gasteiger partial charge in [0.25, 0.3) is 5.91 Å². The summed E-state index contributed by atoms with van der Waals surface area (Å²) < 4.78 is 5.72. The molecule has 8 nitrogen and oxygen atoms in total. The highest BCUT2D eigenvalue weighted by Gasteiger charge is 2.29. The molecule has 3 aromatic rings. The second kappa shape index (κ2) is 8.70. The van der Waals surface area contributed by atoms with Crippen LogP contribution in [0.15, 0.2) is 33.1 Å². The molecule has 0 aliphatic heterocycles. The van der Waals surface area contributed by atoms with Crippen molar-refractivity contribution >= 4 is 68.9 Å². The van der Waals surface area contributed by atoms with E-state index in [0.29, 0.717) is 31.1 Å². The van der Waals surface area contributed by atoms with E-state index in [1.165, 1.54) is 23.1 Å². The lowest BCUT2D eigenvalue weighted by Gasteiger charge is -2.05. The Morgan fingerprint density at radius 2 is 2.00 bits per heavy atom. The summed E-state index contributed by atoms with van der Waals surface area (Å²) in [5, 5.41) is 18.1. The van der Waals surface area contributed by atoms with Crippen LogP contribution in [-0.2, 0) is 4.79 Å². The molecule has 2 N–H and O–H groups in total. The van der Waals surface area contributed by atoms with E-state index in [9.17, 15) is 9.59 Å². The Labute approximate surface area is 183 Å². The molecule has 1 fully saturated rings. The number of thioether (sulfide) groups is 1. The van der Waals surface area contributed by atoms with Crippen LogP contribution in [0, 0.1) is 0 Å². The molecule has 0 saturated heterocycles. The monoisotopic (exact) mass is 469 g/mol. The second-order valence-corrected chi connectivity index (χ2v) is 9.20. The first-order chi connectivity index (χ1) is 14.0. The third-order valence-corrected chi connectivity index (χ3v) is 6.61. The van der Waals surface area contributed by atoms with Crippen LogP contribution >= 0.6 is 46.3 Å². The van der Waals surface area contributed by atoms with Crippen LogP contribution in [0.3, 0.4) is 0 Å². The Balaban J connectivity index is 1.27. The number of benzene rings is 1. The van der Waals surface area contributed by atoms with Crippen molar-refractivity contribution in [3.63, 3.8) is 0 Å². The maximum atomic E-state index is 12.2. The molecule has 0 atom stereocenters. The first-order valence-corrected chi connectivity index (χ1v) is 11.0. The van der Waals surface area contributed by atoms with E-state index < -0.39 is 5.91 Å². The predicted octanol–water partition coefficient (Wildman–Crippen LogP) is 4.69. The number of carbonyl (C=O) groups is 2. The topological polar surface area (TPSA) is 110 Å². The fraction of sp³-hybridized carbons (Fsp3) is 0.235. The Hall–Kier alpha value is -2.14. The van der Waals surface area contributed by atoms with E-state index in [0.717, 1.165) is 18.6 Å². The molecule has 0 radical (unpaired) electrons. The van der Waals surface area contributed by atoms with E-state index in [2.05, 4.69) is 26.0 Å². The third-order valence-electron chi connectivity index (χ3n) is 3.90. The van der Waals surface area contributed by atoms with Crippen molar-refractivity contribution in [2.45, 2.75) is 23.1 Å². The molecule has 150 valence electrons. The van der Waals surface area contributed by atoms with Crippen molar-refractivity contribution in [1.29, 1.82) is 0 Å². The summed E-state index contributed by atoms with van der Waals surface area (Å²) in [6.45, 7) is 0. The van der Waals surface area contributed by atoms with Gasteiger partial charge in [0.15, 0.2) is 10.0 Å². The van der Waals surface area contributed by atoms with Crippen LogP contribution in [0.1, 0.15) is 35.0 Å². The molecule has 2 aromatic heterocycles. The molecule has 1 saturated carbocycles. The van der Waals surface area contributed by atoms with Gasteiger partial charge in [-0.05, 0) is 31.0 Å². The quantitative estimate of drug-likeness (QED) is 0.381. The van der Waals surface area contributed by atoms with Gasteiger partial charge in [-0.3, -0.25) is 14.9 Å². The number of carbonyl (C=O) groups excluding carboxylic acids is 2. The van der Waals surface area contributed by atoms with Crippen molar-refractivity contribution < 1.29 is 14.1 Å². The zero-order valence-electron chi connectivity index (χ0n) is 14.6. The minimum atomic E-state index is -0.411. The van der Waals surface area contributed by atoms with Gasteiger partial charge < -0.3 is 9.84 Å². The number of halogens is 2. The lowest BCUT2D eigenvalue weighted by atomic mass is 10.3. The first-order valence-electron chi connectivity index (χ1n) is 8.47. The van der Waals surface area contributed by atoms with Crippen LogP contribution in [0.25, 0.3) is 0 Å². The lowest BCUT2D eigenvalue weighted by Crippen LogP contribution is -2.13. The van der Waals surface area contributed by atoms with Gasteiger partial charge in [0.1, 0.15) is 5.76 Å². The fourth-order valence-corrected chi connectivity index (χ4v) is 4.18. The Kier molecular flexibility index (Phi) is 6.04. The molecule has 1 aliphatic rings. The average molecular weight is 470 g/mol. The molecule has 2 amide bonds. The number of nitrogens with zero attached hydrogens (tertiary/aromatic N) is 3. The summed E-state index contributed by atoms with van der Waals surface area (Å²) >= 11 is 14.1. The summed E-state index contributed by atoms with van der Waals surface area (Å²) in [7, 11) is 0. The van der Waals surface area contributed by atoms with Gasteiger partial charge in [-0.2, -0.15) is 0 Å². The fourth-order valence-electron chi connectivity index (χ4n) is 2.33. The molecular weight excluding hydrogens is 457 g/mol. The van der Waals surface area contributed by atoms with Crippen LogP contribution < -0.4 is 10.6 Å². The molecule has 12 heteroatoms. The van der Waals surface area contributed by atoms with Gasteiger partial charge in [0, 0.05) is 17.7 Å². The Bertz CT molecular complexity index is 1070. The Morgan fingerprint density at radius 1 is 1.17 bits per heavy atom. The molecule has 29 heavy (non-hydrogen) atoms. The number of hydrogen-bond donors (Lipinski definition) is 2. The Morgan fingerprint density at radius 3 is 2.76 bits per heavy atom. The van der Waals surface area contributed by atoms with E-state index >= 15 is 0 Å². The van der Waals surface area contributed by atoms with Gasteiger partial charge in [-0.25, -0.2) is 0 Å². The van der Waals surface area contributed by atoms with Crippen LogP contribution in [0.4, 0.5) is 10.8 Å². The van der Waals surface area contributed by atoms with E-state index in [4.69, 9.17) is 27.7 Å². The molecule has 2 heterocycles. The van der Waals surface area contributed by atoms with Crippen molar-refractivity contribution in [2.75, 3.05) is 16.4 Å². The van der Waals surface area contributed by atoms with E-state index in [-0.39, 0.29) is 17.4 Å². The van der Waals surface area contributed by atoms with Crippen LogP contribution in [-0.4, -0.2) is 32.9 Å². The molecular formula is C17H13Cl2N5O3S2. The predicted molar refractivity (Wildman–Crippen MR) is 112 cm³/mol.